The zero-order chi connectivity index (χ0) is 20.6. The van der Waals surface area contributed by atoms with Gasteiger partial charge in [0.15, 0.2) is 11.5 Å². The zero-order valence-electron chi connectivity index (χ0n) is 16.7. The van der Waals surface area contributed by atoms with Crippen LogP contribution in [0.5, 0.6) is 11.5 Å². The van der Waals surface area contributed by atoms with Crippen LogP contribution in [0.3, 0.4) is 0 Å². The van der Waals surface area contributed by atoms with Crippen molar-refractivity contribution in [1.29, 1.82) is 0 Å². The molecule has 1 fully saturated rings. The predicted molar refractivity (Wildman–Crippen MR) is 116 cm³/mol. The summed E-state index contributed by atoms with van der Waals surface area (Å²) >= 11 is 0.983. The lowest BCUT2D eigenvalue weighted by Gasteiger charge is -2.12. The first-order valence-corrected chi connectivity index (χ1v) is 10.6. The highest BCUT2D eigenvalue weighted by atomic mass is 32.2. The fourth-order valence-electron chi connectivity index (χ4n) is 3.09. The second-order valence-corrected chi connectivity index (χ2v) is 7.49. The third-order valence-electron chi connectivity index (χ3n) is 4.43. The van der Waals surface area contributed by atoms with Crippen LogP contribution in [0.1, 0.15) is 31.4 Å². The predicted octanol–water partition coefficient (Wildman–Crippen LogP) is 5.15. The van der Waals surface area contributed by atoms with E-state index in [1.807, 2.05) is 50.2 Å². The molecule has 5 nitrogen and oxygen atoms in total. The maximum atomic E-state index is 12.7. The molecule has 2 amide bonds. The van der Waals surface area contributed by atoms with Crippen LogP contribution < -0.4 is 9.47 Å². The van der Waals surface area contributed by atoms with Crippen molar-refractivity contribution in [3.8, 4) is 11.5 Å². The van der Waals surface area contributed by atoms with Gasteiger partial charge in [-0.05, 0) is 67.8 Å². The first-order chi connectivity index (χ1) is 14.1. The first kappa shape index (κ1) is 21.0. The Balaban J connectivity index is 1.68. The van der Waals surface area contributed by atoms with E-state index >= 15 is 0 Å². The molecule has 152 valence electrons. The molecule has 3 rings (SSSR count). The summed E-state index contributed by atoms with van der Waals surface area (Å²) in [5.41, 5.74) is 2.00. The van der Waals surface area contributed by atoms with Crippen LogP contribution in [-0.2, 0) is 11.2 Å². The fraction of sp³-hybridized carbons (Fsp3) is 0.304. The Kier molecular flexibility index (Phi) is 7.36. The van der Waals surface area contributed by atoms with Crippen molar-refractivity contribution in [2.45, 2.75) is 26.7 Å². The SMILES string of the molecule is CCOc1ccc(/C=C2/SC(=O)N(CCCc3ccccc3)C2=O)cc1OCC. The van der Waals surface area contributed by atoms with Crippen LogP contribution in [0.2, 0.25) is 0 Å². The molecule has 0 atom stereocenters. The van der Waals surface area contributed by atoms with E-state index in [0.717, 1.165) is 30.2 Å². The highest BCUT2D eigenvalue weighted by molar-refractivity contribution is 8.18. The van der Waals surface area contributed by atoms with Gasteiger partial charge in [0, 0.05) is 6.54 Å². The van der Waals surface area contributed by atoms with Crippen LogP contribution in [-0.4, -0.2) is 35.8 Å². The molecule has 1 aliphatic heterocycles. The molecule has 0 N–H and O–H groups in total. The monoisotopic (exact) mass is 411 g/mol. The van der Waals surface area contributed by atoms with Crippen molar-refractivity contribution >= 4 is 29.0 Å². The number of hydrogen-bond acceptors (Lipinski definition) is 5. The van der Waals surface area contributed by atoms with E-state index in [-0.39, 0.29) is 11.1 Å². The number of benzene rings is 2. The molecule has 0 bridgehead atoms. The van der Waals surface area contributed by atoms with Gasteiger partial charge in [-0.2, -0.15) is 0 Å². The van der Waals surface area contributed by atoms with Crippen LogP contribution >= 0.6 is 11.8 Å². The number of imide groups is 1. The van der Waals surface area contributed by atoms with E-state index in [1.54, 1.807) is 6.08 Å². The number of aryl methyl sites for hydroxylation is 1. The highest BCUT2D eigenvalue weighted by Crippen LogP contribution is 2.34. The smallest absolute Gasteiger partial charge is 0.293 e. The molecule has 0 aliphatic carbocycles. The Morgan fingerprint density at radius 2 is 1.69 bits per heavy atom. The Bertz CT molecular complexity index is 895. The fourth-order valence-corrected chi connectivity index (χ4v) is 3.95. The number of ether oxygens (including phenoxy) is 2. The summed E-state index contributed by atoms with van der Waals surface area (Å²) in [7, 11) is 0. The number of amides is 2. The Morgan fingerprint density at radius 3 is 2.41 bits per heavy atom. The van der Waals surface area contributed by atoms with Crippen LogP contribution in [0.4, 0.5) is 4.79 Å². The van der Waals surface area contributed by atoms with Gasteiger partial charge >= 0.3 is 0 Å². The van der Waals surface area contributed by atoms with Crippen molar-refractivity contribution in [3.63, 3.8) is 0 Å². The highest BCUT2D eigenvalue weighted by Gasteiger charge is 2.34. The van der Waals surface area contributed by atoms with Gasteiger partial charge in [-0.3, -0.25) is 14.5 Å². The third-order valence-corrected chi connectivity index (χ3v) is 5.34. The zero-order valence-corrected chi connectivity index (χ0v) is 17.5. The van der Waals surface area contributed by atoms with Gasteiger partial charge in [0.05, 0.1) is 18.1 Å². The molecule has 1 aliphatic rings. The van der Waals surface area contributed by atoms with Crippen molar-refractivity contribution in [1.82, 2.24) is 4.90 Å². The molecule has 6 heteroatoms. The number of hydrogen-bond donors (Lipinski definition) is 0. The van der Waals surface area contributed by atoms with Crippen LogP contribution in [0.15, 0.2) is 53.4 Å². The van der Waals surface area contributed by atoms with Gasteiger partial charge in [0.1, 0.15) is 0 Å². The summed E-state index contributed by atoms with van der Waals surface area (Å²) in [6.07, 6.45) is 3.31. The molecule has 0 unspecified atom stereocenters. The maximum Gasteiger partial charge on any atom is 0.293 e. The average molecular weight is 412 g/mol. The molecular weight excluding hydrogens is 386 g/mol. The summed E-state index contributed by atoms with van der Waals surface area (Å²) in [5, 5.41) is -0.217. The van der Waals surface area contributed by atoms with Gasteiger partial charge in [0.2, 0.25) is 0 Å². The second-order valence-electron chi connectivity index (χ2n) is 6.49. The molecule has 29 heavy (non-hydrogen) atoms. The van der Waals surface area contributed by atoms with E-state index in [2.05, 4.69) is 12.1 Å². The topological polar surface area (TPSA) is 55.8 Å². The van der Waals surface area contributed by atoms with Crippen molar-refractivity contribution < 1.29 is 19.1 Å². The summed E-state index contributed by atoms with van der Waals surface area (Å²) < 4.78 is 11.2. The Morgan fingerprint density at radius 1 is 0.966 bits per heavy atom. The standard InChI is InChI=1S/C23H25NO4S/c1-3-27-19-13-12-18(15-20(19)28-4-2)16-21-22(25)24(23(26)29-21)14-8-11-17-9-6-5-7-10-17/h5-7,9-10,12-13,15-16H,3-4,8,11,14H2,1-2H3/b21-16+. The summed E-state index contributed by atoms with van der Waals surface area (Å²) in [6.45, 7) is 5.30. The van der Waals surface area contributed by atoms with E-state index in [1.165, 1.54) is 10.5 Å². The van der Waals surface area contributed by atoms with Crippen LogP contribution in [0, 0.1) is 0 Å². The van der Waals surface area contributed by atoms with E-state index in [4.69, 9.17) is 9.47 Å². The van der Waals surface area contributed by atoms with Crippen molar-refractivity contribution in [3.05, 3.63) is 64.6 Å². The van der Waals surface area contributed by atoms with Crippen molar-refractivity contribution in [2.75, 3.05) is 19.8 Å². The van der Waals surface area contributed by atoms with Gasteiger partial charge in [0.25, 0.3) is 11.1 Å². The first-order valence-electron chi connectivity index (χ1n) is 9.81. The summed E-state index contributed by atoms with van der Waals surface area (Å²) in [4.78, 5) is 26.8. The summed E-state index contributed by atoms with van der Waals surface area (Å²) in [5.74, 6) is 1.06. The van der Waals surface area contributed by atoms with Gasteiger partial charge in [-0.1, -0.05) is 36.4 Å². The quantitative estimate of drug-likeness (QED) is 0.534. The Labute approximate surface area is 175 Å². The normalized spacial score (nSPS) is 15.2. The molecule has 1 saturated heterocycles. The number of rotatable bonds is 9. The average Bonchev–Trinajstić information content (AvgIpc) is 2.98. The minimum atomic E-state index is -0.236. The number of thioether (sulfide) groups is 1. The van der Waals surface area contributed by atoms with E-state index in [9.17, 15) is 9.59 Å². The minimum absolute atomic E-state index is 0.217. The van der Waals surface area contributed by atoms with E-state index < -0.39 is 0 Å². The molecule has 0 saturated carbocycles. The maximum absolute atomic E-state index is 12.7. The molecule has 0 aromatic heterocycles. The second kappa shape index (κ2) is 10.2. The molecule has 1 heterocycles. The molecule has 0 spiro atoms. The van der Waals surface area contributed by atoms with Gasteiger partial charge < -0.3 is 9.47 Å². The lowest BCUT2D eigenvalue weighted by molar-refractivity contribution is -0.122. The third kappa shape index (κ3) is 5.41. The lowest BCUT2D eigenvalue weighted by Crippen LogP contribution is -2.29. The van der Waals surface area contributed by atoms with Gasteiger partial charge in [-0.25, -0.2) is 0 Å². The number of nitrogens with zero attached hydrogens (tertiary/aromatic N) is 1. The Hall–Kier alpha value is -2.73. The minimum Gasteiger partial charge on any atom is -0.490 e. The molecule has 2 aromatic carbocycles. The molecular formula is C23H25NO4S. The largest absolute Gasteiger partial charge is 0.490 e. The van der Waals surface area contributed by atoms with Crippen molar-refractivity contribution in [2.24, 2.45) is 0 Å². The van der Waals surface area contributed by atoms with Gasteiger partial charge in [-0.15, -0.1) is 0 Å². The summed E-state index contributed by atoms with van der Waals surface area (Å²) in [6, 6.07) is 15.6. The van der Waals surface area contributed by atoms with E-state index in [0.29, 0.717) is 36.2 Å². The molecule has 2 aromatic rings. The van der Waals surface area contributed by atoms with Crippen LogP contribution in [0.25, 0.3) is 6.08 Å². The number of carbonyl (C=O) groups is 2. The number of carbonyl (C=O) groups excluding carboxylic acids is 2. The lowest BCUT2D eigenvalue weighted by atomic mass is 10.1. The molecule has 0 radical (unpaired) electrons.